The van der Waals surface area contributed by atoms with E-state index in [0.29, 0.717) is 22.2 Å². The first-order chi connectivity index (χ1) is 14.0. The summed E-state index contributed by atoms with van der Waals surface area (Å²) in [6, 6.07) is 20.4. The van der Waals surface area contributed by atoms with Gasteiger partial charge in [0.25, 0.3) is 0 Å². The van der Waals surface area contributed by atoms with Crippen molar-refractivity contribution in [3.63, 3.8) is 0 Å². The fraction of sp³-hybridized carbons (Fsp3) is 0. The zero-order valence-corrected chi connectivity index (χ0v) is 16.6. The summed E-state index contributed by atoms with van der Waals surface area (Å²) in [4.78, 5) is 9.55. The molecule has 0 saturated carbocycles. The number of fused-ring (bicyclic) bond motifs is 2. The van der Waals surface area contributed by atoms with Crippen LogP contribution < -0.4 is 5.32 Å². The van der Waals surface area contributed by atoms with Crippen LogP contribution in [0.15, 0.2) is 77.0 Å². The maximum absolute atomic E-state index is 12.1. The van der Waals surface area contributed by atoms with Gasteiger partial charge in [-0.1, -0.05) is 48.0 Å². The molecule has 29 heavy (non-hydrogen) atoms. The molecule has 1 aliphatic heterocycles. The van der Waals surface area contributed by atoms with Crippen LogP contribution in [0.2, 0.25) is 5.02 Å². The Hall–Kier alpha value is -3.22. The highest BCUT2D eigenvalue weighted by atomic mass is 35.5. The third-order valence-corrected chi connectivity index (χ3v) is 6.40. The second-order valence-electron chi connectivity index (χ2n) is 6.65. The largest absolute Gasteiger partial charge is 0.324 e. The van der Waals surface area contributed by atoms with Crippen molar-refractivity contribution in [3.05, 3.63) is 82.7 Å². The first-order valence-electron chi connectivity index (χ1n) is 8.87. The van der Waals surface area contributed by atoms with Crippen molar-refractivity contribution < 1.29 is 8.42 Å². The molecule has 1 aromatic heterocycles. The minimum absolute atomic E-state index is 0.276. The summed E-state index contributed by atoms with van der Waals surface area (Å²) in [6.07, 6.45) is 1.60. The maximum atomic E-state index is 12.1. The lowest BCUT2D eigenvalue weighted by Crippen LogP contribution is -2.01. The second kappa shape index (κ2) is 6.69. The lowest BCUT2D eigenvalue weighted by atomic mass is 10.1. The number of hydrogen-bond acceptors (Lipinski definition) is 5. The molecule has 142 valence electrons. The second-order valence-corrected chi connectivity index (χ2v) is 8.89. The summed E-state index contributed by atoms with van der Waals surface area (Å²) < 4.78 is 24.3. The number of anilines is 2. The Morgan fingerprint density at radius 2 is 1.72 bits per heavy atom. The summed E-state index contributed by atoms with van der Waals surface area (Å²) in [5, 5.41) is 5.80. The molecule has 0 saturated heterocycles. The lowest BCUT2D eigenvalue weighted by molar-refractivity contribution is 0.605. The quantitative estimate of drug-likeness (QED) is 0.478. The van der Waals surface area contributed by atoms with Gasteiger partial charge >= 0.3 is 0 Å². The summed E-state index contributed by atoms with van der Waals surface area (Å²) in [5.41, 5.74) is 3.70. The zero-order valence-electron chi connectivity index (χ0n) is 15.0. The van der Waals surface area contributed by atoms with Crippen molar-refractivity contribution in [1.29, 1.82) is 0 Å². The van der Waals surface area contributed by atoms with E-state index in [1.165, 1.54) is 5.41 Å². The van der Waals surface area contributed by atoms with E-state index in [4.69, 9.17) is 16.6 Å². The molecule has 0 bridgehead atoms. The molecule has 5 rings (SSSR count). The van der Waals surface area contributed by atoms with E-state index in [1.54, 1.807) is 24.3 Å². The van der Waals surface area contributed by atoms with Crippen molar-refractivity contribution in [1.82, 2.24) is 9.97 Å². The Labute approximate surface area is 172 Å². The summed E-state index contributed by atoms with van der Waals surface area (Å²) in [6.45, 7) is 0. The fourth-order valence-corrected chi connectivity index (χ4v) is 4.73. The molecule has 0 fully saturated rings. The predicted octanol–water partition coefficient (Wildman–Crippen LogP) is 5.45. The Kier molecular flexibility index (Phi) is 4.12. The molecule has 0 radical (unpaired) electrons. The summed E-state index contributed by atoms with van der Waals surface area (Å²) in [7, 11) is -3.39. The molecule has 0 aliphatic carbocycles. The molecule has 7 heteroatoms. The van der Waals surface area contributed by atoms with Gasteiger partial charge in [-0.05, 0) is 42.0 Å². The molecular formula is C22H14ClN3O2S. The van der Waals surface area contributed by atoms with Gasteiger partial charge in [0.1, 0.15) is 0 Å². The van der Waals surface area contributed by atoms with E-state index in [-0.39, 0.29) is 4.90 Å². The average molecular weight is 420 g/mol. The van der Waals surface area contributed by atoms with Gasteiger partial charge in [-0.2, -0.15) is 0 Å². The Morgan fingerprint density at radius 1 is 0.897 bits per heavy atom. The van der Waals surface area contributed by atoms with Crippen LogP contribution >= 0.6 is 11.6 Å². The minimum atomic E-state index is -3.39. The first-order valence-corrected chi connectivity index (χ1v) is 10.8. The average Bonchev–Trinajstić information content (AvgIpc) is 3.03. The molecular weight excluding hydrogens is 406 g/mol. The number of aromatic nitrogens is 2. The van der Waals surface area contributed by atoms with Crippen molar-refractivity contribution in [2.24, 2.45) is 0 Å². The highest BCUT2D eigenvalue weighted by molar-refractivity contribution is 7.94. The molecule has 1 N–H and O–H groups in total. The summed E-state index contributed by atoms with van der Waals surface area (Å²) >= 11 is 6.19. The van der Waals surface area contributed by atoms with E-state index >= 15 is 0 Å². The Morgan fingerprint density at radius 3 is 2.55 bits per heavy atom. The SMILES string of the molecule is O=S1(=O)C=Cc2ccc(Nc3nc(-c4ccccc4)c4cc(Cl)ccc4n3)cc21. The highest BCUT2D eigenvalue weighted by Crippen LogP contribution is 2.32. The standard InChI is InChI=1S/C22H14ClN3O2S/c23-16-7-9-19-18(12-16)21(15-4-2-1-3-5-15)26-22(25-19)24-17-8-6-14-10-11-29(27,28)20(14)13-17/h1-13H,(H,24,25,26). The molecule has 1 aliphatic rings. The molecule has 0 unspecified atom stereocenters. The van der Waals surface area contributed by atoms with Crippen LogP contribution in [0.5, 0.6) is 0 Å². The van der Waals surface area contributed by atoms with Crippen LogP contribution in [0.3, 0.4) is 0 Å². The molecule has 0 spiro atoms. The van der Waals surface area contributed by atoms with Crippen molar-refractivity contribution in [2.75, 3.05) is 5.32 Å². The highest BCUT2D eigenvalue weighted by Gasteiger charge is 2.21. The van der Waals surface area contributed by atoms with Crippen LogP contribution in [-0.4, -0.2) is 18.4 Å². The number of nitrogens with zero attached hydrogens (tertiary/aromatic N) is 2. The monoisotopic (exact) mass is 419 g/mol. The van der Waals surface area contributed by atoms with E-state index in [0.717, 1.165) is 22.2 Å². The van der Waals surface area contributed by atoms with Gasteiger partial charge in [-0.3, -0.25) is 0 Å². The Balaban J connectivity index is 1.63. The van der Waals surface area contributed by atoms with Crippen molar-refractivity contribution >= 4 is 50.1 Å². The summed E-state index contributed by atoms with van der Waals surface area (Å²) in [5.74, 6) is 0.377. The van der Waals surface area contributed by atoms with Crippen LogP contribution in [0.1, 0.15) is 5.56 Å². The van der Waals surface area contributed by atoms with Gasteiger partial charge in [0.2, 0.25) is 15.8 Å². The van der Waals surface area contributed by atoms with Crippen LogP contribution in [0.25, 0.3) is 28.2 Å². The van der Waals surface area contributed by atoms with Gasteiger partial charge < -0.3 is 5.32 Å². The number of halogens is 1. The van der Waals surface area contributed by atoms with Gasteiger partial charge in [0.05, 0.1) is 16.1 Å². The van der Waals surface area contributed by atoms with Gasteiger partial charge in [0, 0.05) is 27.1 Å². The number of rotatable bonds is 3. The number of nitrogens with one attached hydrogen (secondary N) is 1. The molecule has 2 heterocycles. The predicted molar refractivity (Wildman–Crippen MR) is 116 cm³/mol. The zero-order chi connectivity index (χ0) is 20.0. The third kappa shape index (κ3) is 3.26. The van der Waals surface area contributed by atoms with Crippen molar-refractivity contribution in [2.45, 2.75) is 4.90 Å². The number of hydrogen-bond donors (Lipinski definition) is 1. The third-order valence-electron chi connectivity index (χ3n) is 4.71. The fourth-order valence-electron chi connectivity index (χ4n) is 3.33. The topological polar surface area (TPSA) is 72.0 Å². The van der Waals surface area contributed by atoms with E-state index < -0.39 is 9.84 Å². The lowest BCUT2D eigenvalue weighted by Gasteiger charge is -2.11. The van der Waals surface area contributed by atoms with Gasteiger partial charge in [0.15, 0.2) is 0 Å². The normalized spacial score (nSPS) is 14.1. The van der Waals surface area contributed by atoms with E-state index in [9.17, 15) is 8.42 Å². The smallest absolute Gasteiger partial charge is 0.228 e. The van der Waals surface area contributed by atoms with E-state index in [2.05, 4.69) is 10.3 Å². The first kappa shape index (κ1) is 17.8. The Bertz CT molecular complexity index is 1400. The molecule has 4 aromatic rings. The molecule has 5 nitrogen and oxygen atoms in total. The molecule has 0 amide bonds. The van der Waals surface area contributed by atoms with Crippen molar-refractivity contribution in [3.8, 4) is 11.3 Å². The van der Waals surface area contributed by atoms with Crippen LogP contribution in [0, 0.1) is 0 Å². The number of sulfone groups is 1. The molecule has 0 atom stereocenters. The van der Waals surface area contributed by atoms with Gasteiger partial charge in [-0.25, -0.2) is 18.4 Å². The molecule has 3 aromatic carbocycles. The maximum Gasteiger partial charge on any atom is 0.228 e. The minimum Gasteiger partial charge on any atom is -0.324 e. The number of benzene rings is 3. The van der Waals surface area contributed by atoms with Crippen LogP contribution in [0.4, 0.5) is 11.6 Å². The van der Waals surface area contributed by atoms with Crippen LogP contribution in [-0.2, 0) is 9.84 Å². The van der Waals surface area contributed by atoms with E-state index in [1.807, 2.05) is 48.5 Å². The van der Waals surface area contributed by atoms with Gasteiger partial charge in [-0.15, -0.1) is 0 Å².